The van der Waals surface area contributed by atoms with E-state index in [9.17, 15) is 12.8 Å². The number of hydrogen-bond acceptors (Lipinski definition) is 3. The molecule has 0 saturated carbocycles. The van der Waals surface area contributed by atoms with Crippen LogP contribution in [-0.4, -0.2) is 18.2 Å². The van der Waals surface area contributed by atoms with Crippen LogP contribution in [0, 0.1) is 33.5 Å². The third-order valence-corrected chi connectivity index (χ3v) is 5.67. The molecule has 0 unspecified atom stereocenters. The van der Waals surface area contributed by atoms with Crippen molar-refractivity contribution < 1.29 is 12.8 Å². The lowest BCUT2D eigenvalue weighted by Crippen LogP contribution is -2.15. The largest absolute Gasteiger partial charge is 0.280 e. The molecule has 0 saturated heterocycles. The highest BCUT2D eigenvalue weighted by atomic mass is 32.2. The van der Waals surface area contributed by atoms with E-state index in [0.29, 0.717) is 22.8 Å². The average Bonchev–Trinajstić information content (AvgIpc) is 2.82. The summed E-state index contributed by atoms with van der Waals surface area (Å²) in [5.41, 5.74) is 3.89. The molecule has 3 rings (SSSR count). The first-order chi connectivity index (χ1) is 12.2. The average molecular weight is 373 g/mol. The zero-order chi connectivity index (χ0) is 19.1. The van der Waals surface area contributed by atoms with Gasteiger partial charge in [-0.1, -0.05) is 6.07 Å². The van der Waals surface area contributed by atoms with E-state index >= 15 is 0 Å². The molecule has 0 amide bonds. The van der Waals surface area contributed by atoms with E-state index < -0.39 is 10.0 Å². The monoisotopic (exact) mass is 373 g/mol. The molecule has 0 bridgehead atoms. The second kappa shape index (κ2) is 6.57. The summed E-state index contributed by atoms with van der Waals surface area (Å²) in [6.45, 7) is 7.14. The van der Waals surface area contributed by atoms with Crippen molar-refractivity contribution in [2.45, 2.75) is 32.6 Å². The molecule has 7 heteroatoms. The van der Waals surface area contributed by atoms with Crippen LogP contribution in [0.2, 0.25) is 0 Å². The Kier molecular flexibility index (Phi) is 4.58. The van der Waals surface area contributed by atoms with Gasteiger partial charge in [0.1, 0.15) is 10.7 Å². The summed E-state index contributed by atoms with van der Waals surface area (Å²) in [5, 5.41) is 4.33. The molecule has 26 heavy (non-hydrogen) atoms. The first-order valence-electron chi connectivity index (χ1n) is 8.10. The molecule has 0 aliphatic rings. The minimum absolute atomic E-state index is 0.126. The number of nitrogens with one attached hydrogen (secondary N) is 1. The highest BCUT2D eigenvalue weighted by molar-refractivity contribution is 7.92. The lowest BCUT2D eigenvalue weighted by atomic mass is 10.1. The van der Waals surface area contributed by atoms with E-state index in [4.69, 9.17) is 0 Å². The standard InChI is InChI=1S/C19H20FN3O2S/c1-12-9-13(2)11-17(10-12)22-26(24,25)19-14(3)21-23(15(19)4)18-7-5-16(20)6-8-18/h5-11,22H,1-4H3. The second-order valence-electron chi connectivity index (χ2n) is 6.37. The molecule has 1 aromatic heterocycles. The molecule has 0 radical (unpaired) electrons. The van der Waals surface area contributed by atoms with E-state index in [1.54, 1.807) is 38.1 Å². The number of aromatic nitrogens is 2. The summed E-state index contributed by atoms with van der Waals surface area (Å²) in [5.74, 6) is -0.361. The molecular formula is C19H20FN3O2S. The zero-order valence-electron chi connectivity index (χ0n) is 15.0. The number of nitrogens with zero attached hydrogens (tertiary/aromatic N) is 2. The Bertz CT molecular complexity index is 1050. The van der Waals surface area contributed by atoms with E-state index in [0.717, 1.165) is 11.1 Å². The van der Waals surface area contributed by atoms with Gasteiger partial charge in [-0.25, -0.2) is 17.5 Å². The number of benzene rings is 2. The minimum Gasteiger partial charge on any atom is -0.280 e. The molecule has 0 aliphatic carbocycles. The molecule has 3 aromatic rings. The fourth-order valence-electron chi connectivity index (χ4n) is 3.09. The Labute approximate surface area is 152 Å². The minimum atomic E-state index is -3.81. The van der Waals surface area contributed by atoms with Crippen molar-refractivity contribution in [1.82, 2.24) is 9.78 Å². The SMILES string of the molecule is Cc1cc(C)cc(NS(=O)(=O)c2c(C)nn(-c3ccc(F)cc3)c2C)c1. The van der Waals surface area contributed by atoms with Crippen LogP contribution in [-0.2, 0) is 10.0 Å². The fraction of sp³-hybridized carbons (Fsp3) is 0.211. The summed E-state index contributed by atoms with van der Waals surface area (Å²) >= 11 is 0. The summed E-state index contributed by atoms with van der Waals surface area (Å²) in [7, 11) is -3.81. The van der Waals surface area contributed by atoms with E-state index in [2.05, 4.69) is 9.82 Å². The smallest absolute Gasteiger partial charge is 0.265 e. The van der Waals surface area contributed by atoms with Gasteiger partial charge in [0.05, 0.1) is 17.1 Å². The highest BCUT2D eigenvalue weighted by Gasteiger charge is 2.25. The van der Waals surface area contributed by atoms with Gasteiger partial charge in [0.25, 0.3) is 10.0 Å². The number of anilines is 1. The summed E-state index contributed by atoms with van der Waals surface area (Å²) < 4.78 is 43.2. The molecule has 1 N–H and O–H groups in total. The Morgan fingerprint density at radius 2 is 1.54 bits per heavy atom. The van der Waals surface area contributed by atoms with Crippen LogP contribution in [0.3, 0.4) is 0 Å². The van der Waals surface area contributed by atoms with Crippen LogP contribution in [0.15, 0.2) is 47.4 Å². The third-order valence-electron chi connectivity index (χ3n) is 4.04. The summed E-state index contributed by atoms with van der Waals surface area (Å²) in [4.78, 5) is 0.126. The zero-order valence-corrected chi connectivity index (χ0v) is 15.9. The molecule has 136 valence electrons. The lowest BCUT2D eigenvalue weighted by molar-refractivity contribution is 0.600. The van der Waals surface area contributed by atoms with Gasteiger partial charge < -0.3 is 0 Å². The van der Waals surface area contributed by atoms with Crippen LogP contribution >= 0.6 is 0 Å². The van der Waals surface area contributed by atoms with Crippen molar-refractivity contribution in [3.8, 4) is 5.69 Å². The van der Waals surface area contributed by atoms with Gasteiger partial charge in [-0.05, 0) is 75.2 Å². The molecule has 0 aliphatic heterocycles. The molecule has 2 aromatic carbocycles. The Hall–Kier alpha value is -2.67. The predicted octanol–water partition coefficient (Wildman–Crippen LogP) is 4.05. The van der Waals surface area contributed by atoms with Gasteiger partial charge in [-0.3, -0.25) is 4.72 Å². The molecule has 0 fully saturated rings. The lowest BCUT2D eigenvalue weighted by Gasteiger charge is -2.10. The number of sulfonamides is 1. The number of aryl methyl sites for hydroxylation is 3. The normalized spacial score (nSPS) is 11.6. The van der Waals surface area contributed by atoms with E-state index in [1.165, 1.54) is 16.8 Å². The van der Waals surface area contributed by atoms with Crippen LogP contribution < -0.4 is 4.72 Å². The Morgan fingerprint density at radius 1 is 0.962 bits per heavy atom. The Balaban J connectivity index is 2.04. The van der Waals surface area contributed by atoms with Crippen molar-refractivity contribution >= 4 is 15.7 Å². The second-order valence-corrected chi connectivity index (χ2v) is 7.99. The quantitative estimate of drug-likeness (QED) is 0.750. The topological polar surface area (TPSA) is 64.0 Å². The van der Waals surface area contributed by atoms with Crippen molar-refractivity contribution in [1.29, 1.82) is 0 Å². The first-order valence-corrected chi connectivity index (χ1v) is 9.59. The molecule has 0 atom stereocenters. The molecular weight excluding hydrogens is 353 g/mol. The van der Waals surface area contributed by atoms with Gasteiger partial charge >= 0.3 is 0 Å². The van der Waals surface area contributed by atoms with Crippen molar-refractivity contribution in [2.75, 3.05) is 4.72 Å². The first kappa shape index (κ1) is 18.1. The number of rotatable bonds is 4. The van der Waals surface area contributed by atoms with Gasteiger partial charge in [-0.2, -0.15) is 5.10 Å². The molecule has 0 spiro atoms. The summed E-state index contributed by atoms with van der Waals surface area (Å²) in [6.07, 6.45) is 0. The van der Waals surface area contributed by atoms with Crippen molar-refractivity contribution in [2.24, 2.45) is 0 Å². The number of hydrogen-bond donors (Lipinski definition) is 1. The highest BCUT2D eigenvalue weighted by Crippen LogP contribution is 2.25. The van der Waals surface area contributed by atoms with E-state index in [1.807, 2.05) is 19.9 Å². The van der Waals surface area contributed by atoms with Gasteiger partial charge in [0.2, 0.25) is 0 Å². The van der Waals surface area contributed by atoms with Gasteiger partial charge in [0, 0.05) is 5.69 Å². The number of halogens is 1. The fourth-order valence-corrected chi connectivity index (χ4v) is 4.53. The van der Waals surface area contributed by atoms with Crippen molar-refractivity contribution in [3.63, 3.8) is 0 Å². The van der Waals surface area contributed by atoms with Crippen LogP contribution in [0.5, 0.6) is 0 Å². The van der Waals surface area contributed by atoms with Crippen LogP contribution in [0.4, 0.5) is 10.1 Å². The van der Waals surface area contributed by atoms with Gasteiger partial charge in [0.15, 0.2) is 0 Å². The molecule has 1 heterocycles. The van der Waals surface area contributed by atoms with Crippen LogP contribution in [0.1, 0.15) is 22.5 Å². The maximum Gasteiger partial charge on any atom is 0.265 e. The summed E-state index contributed by atoms with van der Waals surface area (Å²) in [6, 6.07) is 11.3. The van der Waals surface area contributed by atoms with Gasteiger partial charge in [-0.15, -0.1) is 0 Å². The molecule has 5 nitrogen and oxygen atoms in total. The van der Waals surface area contributed by atoms with Crippen LogP contribution in [0.25, 0.3) is 5.69 Å². The van der Waals surface area contributed by atoms with E-state index in [-0.39, 0.29) is 10.7 Å². The van der Waals surface area contributed by atoms with Crippen molar-refractivity contribution in [3.05, 3.63) is 70.8 Å². The Morgan fingerprint density at radius 3 is 2.12 bits per heavy atom. The maximum absolute atomic E-state index is 13.1. The maximum atomic E-state index is 13.1. The third kappa shape index (κ3) is 3.48. The predicted molar refractivity (Wildman–Crippen MR) is 99.7 cm³/mol.